The Hall–Kier alpha value is -1.32. The van der Waals surface area contributed by atoms with Gasteiger partial charge in [-0.2, -0.15) is 5.10 Å². The van der Waals surface area contributed by atoms with Gasteiger partial charge in [0.25, 0.3) is 0 Å². The average Bonchev–Trinajstić information content (AvgIpc) is 2.51. The molecule has 1 N–H and O–H groups in total. The van der Waals surface area contributed by atoms with Gasteiger partial charge in [-0.25, -0.2) is 0 Å². The van der Waals surface area contributed by atoms with Crippen LogP contribution in [0.2, 0.25) is 0 Å². The molecule has 0 amide bonds. The standard InChI is InChI=1S/C10H16N2O2/c1-4-12-6-5-8(11-12)7-10(2,3)9(13)14/h5-6H,4,7H2,1-3H3,(H,13,14). The van der Waals surface area contributed by atoms with Crippen molar-refractivity contribution >= 4 is 5.97 Å². The maximum Gasteiger partial charge on any atom is 0.309 e. The van der Waals surface area contributed by atoms with Crippen molar-refractivity contribution in [2.75, 3.05) is 0 Å². The Bertz CT molecular complexity index is 329. The summed E-state index contributed by atoms with van der Waals surface area (Å²) in [4.78, 5) is 10.9. The molecule has 1 aromatic rings. The number of hydrogen-bond acceptors (Lipinski definition) is 2. The van der Waals surface area contributed by atoms with Gasteiger partial charge < -0.3 is 5.11 Å². The highest BCUT2D eigenvalue weighted by Crippen LogP contribution is 2.20. The monoisotopic (exact) mass is 196 g/mol. The van der Waals surface area contributed by atoms with Crippen molar-refractivity contribution in [3.8, 4) is 0 Å². The first-order valence-electron chi connectivity index (χ1n) is 4.71. The maximum atomic E-state index is 10.9. The number of carboxylic acid groups (broad SMARTS) is 1. The smallest absolute Gasteiger partial charge is 0.309 e. The minimum atomic E-state index is -0.788. The molecular weight excluding hydrogens is 180 g/mol. The molecule has 78 valence electrons. The van der Waals surface area contributed by atoms with Gasteiger partial charge in [0.05, 0.1) is 11.1 Å². The van der Waals surface area contributed by atoms with Crippen molar-refractivity contribution in [1.82, 2.24) is 9.78 Å². The molecule has 0 bridgehead atoms. The lowest BCUT2D eigenvalue weighted by molar-refractivity contribution is -0.146. The van der Waals surface area contributed by atoms with E-state index in [1.807, 2.05) is 19.2 Å². The van der Waals surface area contributed by atoms with E-state index in [0.717, 1.165) is 12.2 Å². The molecule has 0 fully saturated rings. The third-order valence-corrected chi connectivity index (χ3v) is 2.22. The molecular formula is C10H16N2O2. The van der Waals surface area contributed by atoms with Crippen LogP contribution in [0.15, 0.2) is 12.3 Å². The molecule has 0 saturated carbocycles. The number of rotatable bonds is 4. The molecule has 0 aliphatic rings. The second-order valence-corrected chi connectivity index (χ2v) is 4.03. The number of hydrogen-bond donors (Lipinski definition) is 1. The van der Waals surface area contributed by atoms with Crippen LogP contribution in [0.25, 0.3) is 0 Å². The van der Waals surface area contributed by atoms with Crippen molar-refractivity contribution in [3.63, 3.8) is 0 Å². The van der Waals surface area contributed by atoms with Crippen molar-refractivity contribution < 1.29 is 9.90 Å². The molecule has 0 aliphatic heterocycles. The fraction of sp³-hybridized carbons (Fsp3) is 0.600. The SMILES string of the molecule is CCn1ccc(CC(C)(C)C(=O)O)n1. The van der Waals surface area contributed by atoms with Gasteiger partial charge in [0.2, 0.25) is 0 Å². The highest BCUT2D eigenvalue weighted by Gasteiger charge is 2.28. The van der Waals surface area contributed by atoms with Crippen LogP contribution in [0.4, 0.5) is 0 Å². The number of nitrogens with zero attached hydrogens (tertiary/aromatic N) is 2. The lowest BCUT2D eigenvalue weighted by Crippen LogP contribution is -2.26. The van der Waals surface area contributed by atoms with E-state index < -0.39 is 11.4 Å². The summed E-state index contributed by atoms with van der Waals surface area (Å²) in [6.07, 6.45) is 2.34. The van der Waals surface area contributed by atoms with Crippen LogP contribution in [-0.4, -0.2) is 20.9 Å². The largest absolute Gasteiger partial charge is 0.481 e. The molecule has 0 saturated heterocycles. The van der Waals surface area contributed by atoms with Crippen molar-refractivity contribution in [1.29, 1.82) is 0 Å². The first-order valence-corrected chi connectivity index (χ1v) is 4.71. The summed E-state index contributed by atoms with van der Waals surface area (Å²) in [7, 11) is 0. The fourth-order valence-corrected chi connectivity index (χ4v) is 1.20. The number of aryl methyl sites for hydroxylation is 1. The topological polar surface area (TPSA) is 55.1 Å². The second kappa shape index (κ2) is 3.82. The first kappa shape index (κ1) is 10.8. The zero-order valence-electron chi connectivity index (χ0n) is 8.82. The summed E-state index contributed by atoms with van der Waals surface area (Å²) in [5.41, 5.74) is 0.0895. The Kier molecular flexibility index (Phi) is 2.93. The van der Waals surface area contributed by atoms with Gasteiger partial charge >= 0.3 is 5.97 Å². The lowest BCUT2D eigenvalue weighted by atomic mass is 9.88. The van der Waals surface area contributed by atoms with Crippen molar-refractivity contribution in [2.45, 2.75) is 33.7 Å². The molecule has 1 aromatic heterocycles. The van der Waals surface area contributed by atoms with E-state index >= 15 is 0 Å². The zero-order valence-corrected chi connectivity index (χ0v) is 8.82. The molecule has 0 unspecified atom stereocenters. The highest BCUT2D eigenvalue weighted by molar-refractivity contribution is 5.73. The first-order chi connectivity index (χ1) is 6.45. The van der Waals surface area contributed by atoms with Crippen LogP contribution in [0.1, 0.15) is 26.5 Å². The molecule has 4 nitrogen and oxygen atoms in total. The van der Waals surface area contributed by atoms with Gasteiger partial charge in [-0.3, -0.25) is 9.48 Å². The van der Waals surface area contributed by atoms with Gasteiger partial charge in [-0.15, -0.1) is 0 Å². The summed E-state index contributed by atoms with van der Waals surface area (Å²) in [6.45, 7) is 6.23. The zero-order chi connectivity index (χ0) is 10.8. The van der Waals surface area contributed by atoms with Crippen LogP contribution in [-0.2, 0) is 17.8 Å². The molecule has 0 spiro atoms. The van der Waals surface area contributed by atoms with E-state index in [2.05, 4.69) is 5.10 Å². The third kappa shape index (κ3) is 2.34. The summed E-state index contributed by atoms with van der Waals surface area (Å²) >= 11 is 0. The van der Waals surface area contributed by atoms with Gasteiger partial charge in [-0.05, 0) is 26.8 Å². The summed E-state index contributed by atoms with van der Waals surface area (Å²) < 4.78 is 1.80. The van der Waals surface area contributed by atoms with E-state index in [1.165, 1.54) is 0 Å². The predicted octanol–water partition coefficient (Wildman–Crippen LogP) is 1.56. The van der Waals surface area contributed by atoms with E-state index in [4.69, 9.17) is 5.11 Å². The Morgan fingerprint density at radius 1 is 1.64 bits per heavy atom. The minimum Gasteiger partial charge on any atom is -0.481 e. The number of aromatic nitrogens is 2. The second-order valence-electron chi connectivity index (χ2n) is 4.03. The summed E-state index contributed by atoms with van der Waals surface area (Å²) in [6, 6.07) is 1.87. The highest BCUT2D eigenvalue weighted by atomic mass is 16.4. The fourth-order valence-electron chi connectivity index (χ4n) is 1.20. The van der Waals surface area contributed by atoms with E-state index in [9.17, 15) is 4.79 Å². The number of carboxylic acids is 1. The molecule has 0 aliphatic carbocycles. The quantitative estimate of drug-likeness (QED) is 0.795. The Morgan fingerprint density at radius 2 is 2.29 bits per heavy atom. The van der Waals surface area contributed by atoms with Crippen LogP contribution < -0.4 is 0 Å². The van der Waals surface area contributed by atoms with E-state index in [1.54, 1.807) is 18.5 Å². The number of aliphatic carboxylic acids is 1. The Balaban J connectivity index is 2.73. The molecule has 0 aromatic carbocycles. The van der Waals surface area contributed by atoms with Crippen molar-refractivity contribution in [2.24, 2.45) is 5.41 Å². The normalized spacial score (nSPS) is 11.6. The van der Waals surface area contributed by atoms with Gasteiger partial charge in [0.15, 0.2) is 0 Å². The van der Waals surface area contributed by atoms with Crippen LogP contribution >= 0.6 is 0 Å². The summed E-state index contributed by atoms with van der Waals surface area (Å²) in [5, 5.41) is 13.2. The molecule has 0 atom stereocenters. The third-order valence-electron chi connectivity index (χ3n) is 2.22. The van der Waals surface area contributed by atoms with Crippen molar-refractivity contribution in [3.05, 3.63) is 18.0 Å². The molecule has 1 heterocycles. The summed E-state index contributed by atoms with van der Waals surface area (Å²) in [5.74, 6) is -0.788. The molecule has 14 heavy (non-hydrogen) atoms. The minimum absolute atomic E-state index is 0.468. The predicted molar refractivity (Wildman–Crippen MR) is 53.0 cm³/mol. The maximum absolute atomic E-state index is 10.9. The van der Waals surface area contributed by atoms with Crippen LogP contribution in [0, 0.1) is 5.41 Å². The average molecular weight is 196 g/mol. The molecule has 1 rings (SSSR count). The Morgan fingerprint density at radius 3 is 2.71 bits per heavy atom. The molecule has 0 radical (unpaired) electrons. The van der Waals surface area contributed by atoms with Gasteiger partial charge in [-0.1, -0.05) is 0 Å². The molecule has 4 heteroatoms. The van der Waals surface area contributed by atoms with Gasteiger partial charge in [0.1, 0.15) is 0 Å². The van der Waals surface area contributed by atoms with E-state index in [0.29, 0.717) is 6.42 Å². The van der Waals surface area contributed by atoms with Gasteiger partial charge in [0, 0.05) is 19.2 Å². The number of carbonyl (C=O) groups is 1. The van der Waals surface area contributed by atoms with E-state index in [-0.39, 0.29) is 0 Å². The van der Waals surface area contributed by atoms with Crippen LogP contribution in [0.3, 0.4) is 0 Å². The lowest BCUT2D eigenvalue weighted by Gasteiger charge is -2.16. The van der Waals surface area contributed by atoms with Crippen LogP contribution in [0.5, 0.6) is 0 Å². The Labute approximate surface area is 83.5 Å².